The molecule has 4 aromatic rings. The van der Waals surface area contributed by atoms with Gasteiger partial charge >= 0.3 is 6.36 Å². The lowest BCUT2D eigenvalue weighted by atomic mass is 9.90. The van der Waals surface area contributed by atoms with Crippen molar-refractivity contribution in [2.24, 2.45) is 5.73 Å². The first-order valence-electron chi connectivity index (χ1n) is 15.2. The number of ether oxygens (including phenoxy) is 1. The Hall–Kier alpha value is -3.33. The van der Waals surface area contributed by atoms with Gasteiger partial charge in [0.15, 0.2) is 0 Å². The van der Waals surface area contributed by atoms with E-state index in [-0.39, 0.29) is 17.8 Å². The Morgan fingerprint density at radius 2 is 1.67 bits per heavy atom. The van der Waals surface area contributed by atoms with Crippen LogP contribution in [0, 0.1) is 6.92 Å². The Bertz CT molecular complexity index is 1550. The molecule has 5 rings (SSSR count). The Morgan fingerprint density at radius 3 is 2.35 bits per heavy atom. The van der Waals surface area contributed by atoms with E-state index < -0.39 is 6.36 Å². The van der Waals surface area contributed by atoms with Crippen LogP contribution in [-0.2, 0) is 25.2 Å². The lowest BCUT2D eigenvalue weighted by Crippen LogP contribution is -2.52. The third-order valence-electron chi connectivity index (χ3n) is 8.81. The minimum Gasteiger partial charge on any atom is -0.406 e. The maximum atomic E-state index is 12.9. The number of nitrogens with two attached hydrogens (primary N) is 1. The first-order valence-corrected chi connectivity index (χ1v) is 15.2. The van der Waals surface area contributed by atoms with Crippen LogP contribution in [0.15, 0.2) is 66.9 Å². The van der Waals surface area contributed by atoms with Crippen molar-refractivity contribution in [1.29, 1.82) is 0 Å². The molecule has 0 spiro atoms. The highest BCUT2D eigenvalue weighted by molar-refractivity contribution is 5.97. The number of hydrogen-bond acceptors (Lipinski definition) is 4. The second kappa shape index (κ2) is 12.7. The predicted octanol–water partition coefficient (Wildman–Crippen LogP) is 7.83. The molecule has 2 N–H and O–H groups in total. The zero-order chi connectivity index (χ0) is 30.8. The molecule has 1 aliphatic rings. The lowest BCUT2D eigenvalue weighted by Gasteiger charge is -2.44. The Balaban J connectivity index is 1.39. The molecule has 0 atom stereocenters. The van der Waals surface area contributed by atoms with Gasteiger partial charge in [-0.25, -0.2) is 0 Å². The smallest absolute Gasteiger partial charge is 0.406 e. The third-order valence-corrected chi connectivity index (χ3v) is 8.81. The fraction of sp³-hybridized carbons (Fsp3) is 0.429. The minimum atomic E-state index is -4.75. The van der Waals surface area contributed by atoms with Gasteiger partial charge in [0.1, 0.15) is 5.75 Å². The number of aryl methyl sites for hydroxylation is 2. The zero-order valence-corrected chi connectivity index (χ0v) is 25.7. The van der Waals surface area contributed by atoms with Gasteiger partial charge < -0.3 is 15.0 Å². The number of hydrogen-bond donors (Lipinski definition) is 1. The molecule has 2 heterocycles. The lowest BCUT2D eigenvalue weighted by molar-refractivity contribution is -0.274. The van der Waals surface area contributed by atoms with Gasteiger partial charge in [-0.3, -0.25) is 9.80 Å². The van der Waals surface area contributed by atoms with Gasteiger partial charge in [0.25, 0.3) is 0 Å². The van der Waals surface area contributed by atoms with E-state index in [0.29, 0.717) is 5.56 Å². The minimum absolute atomic E-state index is 0.0330. The van der Waals surface area contributed by atoms with Crippen molar-refractivity contribution < 1.29 is 17.9 Å². The summed E-state index contributed by atoms with van der Waals surface area (Å²) >= 11 is 0. The van der Waals surface area contributed by atoms with Crippen LogP contribution >= 0.6 is 0 Å². The quantitative estimate of drug-likeness (QED) is 0.204. The summed E-state index contributed by atoms with van der Waals surface area (Å²) < 4.78 is 45.1. The van der Waals surface area contributed by atoms with Gasteiger partial charge in [0.05, 0.1) is 0 Å². The Kier molecular flexibility index (Phi) is 9.20. The largest absolute Gasteiger partial charge is 0.573 e. The van der Waals surface area contributed by atoms with E-state index >= 15 is 0 Å². The van der Waals surface area contributed by atoms with Crippen LogP contribution in [0.4, 0.5) is 13.2 Å². The molecule has 43 heavy (non-hydrogen) atoms. The normalized spacial score (nSPS) is 15.3. The standard InChI is InChI=1S/C35H43F3N4O/c1-5-6-14-41-24-32(30-12-11-29(21-27(30)22-39)43-35(36,37)38)31-20-26(10-13-33(31)41)23-40-15-17-42(18-16-40)34(3,4)28-9-7-8-25(2)19-28/h7-13,19-21,24H,5-6,14-18,22-23,39H2,1-4H3. The van der Waals surface area contributed by atoms with Crippen molar-refractivity contribution in [3.8, 4) is 16.9 Å². The maximum Gasteiger partial charge on any atom is 0.573 e. The van der Waals surface area contributed by atoms with E-state index in [1.807, 2.05) is 0 Å². The number of halogens is 3. The number of benzene rings is 3. The molecule has 8 heteroatoms. The fourth-order valence-electron chi connectivity index (χ4n) is 6.30. The van der Waals surface area contributed by atoms with Gasteiger partial charge in [-0.05, 0) is 73.7 Å². The van der Waals surface area contributed by atoms with Crippen LogP contribution in [0.1, 0.15) is 55.9 Å². The van der Waals surface area contributed by atoms with Gasteiger partial charge in [0, 0.05) is 74.0 Å². The summed E-state index contributed by atoms with van der Waals surface area (Å²) in [6, 6.07) is 19.9. The van der Waals surface area contributed by atoms with Crippen LogP contribution in [-0.4, -0.2) is 46.9 Å². The number of fused-ring (bicyclic) bond motifs is 1. The van der Waals surface area contributed by atoms with Crippen LogP contribution in [0.3, 0.4) is 0 Å². The fourth-order valence-corrected chi connectivity index (χ4v) is 6.30. The first kappa shape index (κ1) is 31.1. The number of nitrogens with zero attached hydrogens (tertiary/aromatic N) is 3. The summed E-state index contributed by atoms with van der Waals surface area (Å²) in [7, 11) is 0. The molecule has 0 radical (unpaired) electrons. The second-order valence-corrected chi connectivity index (χ2v) is 12.2. The molecule has 0 saturated carbocycles. The molecule has 5 nitrogen and oxygen atoms in total. The summed E-state index contributed by atoms with van der Waals surface area (Å²) in [6.07, 6.45) is -0.525. The SMILES string of the molecule is CCCCn1cc(-c2ccc(OC(F)(F)F)cc2CN)c2cc(CN3CCN(C(C)(C)c4cccc(C)c4)CC3)ccc21. The highest BCUT2D eigenvalue weighted by Crippen LogP contribution is 2.37. The monoisotopic (exact) mass is 592 g/mol. The molecule has 1 aliphatic heterocycles. The molecule has 1 saturated heterocycles. The number of rotatable bonds is 10. The van der Waals surface area contributed by atoms with Crippen LogP contribution in [0.2, 0.25) is 0 Å². The van der Waals surface area contributed by atoms with Crippen molar-refractivity contribution >= 4 is 10.9 Å². The first-order chi connectivity index (χ1) is 20.5. The molecule has 1 fully saturated rings. The zero-order valence-electron chi connectivity index (χ0n) is 25.7. The third kappa shape index (κ3) is 7.08. The van der Waals surface area contributed by atoms with Crippen LogP contribution in [0.5, 0.6) is 5.75 Å². The number of aromatic nitrogens is 1. The summed E-state index contributed by atoms with van der Waals surface area (Å²) in [5, 5.41) is 1.09. The molecule has 1 aromatic heterocycles. The molecule has 0 bridgehead atoms. The topological polar surface area (TPSA) is 46.7 Å². The van der Waals surface area contributed by atoms with E-state index in [2.05, 4.69) is 95.5 Å². The van der Waals surface area contributed by atoms with E-state index in [0.717, 1.165) is 74.1 Å². The number of alkyl halides is 3. The Labute approximate surface area is 253 Å². The van der Waals surface area contributed by atoms with E-state index in [1.165, 1.54) is 28.8 Å². The van der Waals surface area contributed by atoms with Gasteiger partial charge in [-0.1, -0.05) is 55.3 Å². The summed E-state index contributed by atoms with van der Waals surface area (Å²) in [4.78, 5) is 5.08. The van der Waals surface area contributed by atoms with Crippen LogP contribution < -0.4 is 10.5 Å². The molecular weight excluding hydrogens is 549 g/mol. The molecule has 230 valence electrons. The van der Waals surface area contributed by atoms with Crippen molar-refractivity contribution in [1.82, 2.24) is 14.4 Å². The van der Waals surface area contributed by atoms with Crippen molar-refractivity contribution in [2.75, 3.05) is 26.2 Å². The van der Waals surface area contributed by atoms with Gasteiger partial charge in [-0.15, -0.1) is 13.2 Å². The van der Waals surface area contributed by atoms with E-state index in [1.54, 1.807) is 6.07 Å². The molecule has 0 amide bonds. The van der Waals surface area contributed by atoms with Crippen LogP contribution in [0.25, 0.3) is 22.0 Å². The summed E-state index contributed by atoms with van der Waals surface area (Å²) in [5.74, 6) is -0.253. The second-order valence-electron chi connectivity index (χ2n) is 12.2. The Morgan fingerprint density at radius 1 is 0.907 bits per heavy atom. The average molecular weight is 593 g/mol. The highest BCUT2D eigenvalue weighted by atomic mass is 19.4. The molecular formula is C35H43F3N4O. The van der Waals surface area contributed by atoms with Crippen molar-refractivity contribution in [3.05, 3.63) is 89.1 Å². The molecule has 3 aromatic carbocycles. The highest BCUT2D eigenvalue weighted by Gasteiger charge is 2.32. The predicted molar refractivity (Wildman–Crippen MR) is 168 cm³/mol. The van der Waals surface area contributed by atoms with E-state index in [4.69, 9.17) is 5.73 Å². The molecule has 0 unspecified atom stereocenters. The van der Waals surface area contributed by atoms with E-state index in [9.17, 15) is 13.2 Å². The van der Waals surface area contributed by atoms with Gasteiger partial charge in [-0.2, -0.15) is 0 Å². The van der Waals surface area contributed by atoms with Gasteiger partial charge in [0.2, 0.25) is 0 Å². The summed E-state index contributed by atoms with van der Waals surface area (Å²) in [5.41, 5.74) is 13.4. The maximum absolute atomic E-state index is 12.9. The average Bonchev–Trinajstić information content (AvgIpc) is 3.33. The number of unbranched alkanes of at least 4 members (excludes halogenated alkanes) is 1. The van der Waals surface area contributed by atoms with Crippen molar-refractivity contribution in [3.63, 3.8) is 0 Å². The molecule has 0 aliphatic carbocycles. The summed E-state index contributed by atoms with van der Waals surface area (Å²) in [6.45, 7) is 14.7. The number of piperazine rings is 1. The van der Waals surface area contributed by atoms with Crippen molar-refractivity contribution in [2.45, 2.75) is 72.1 Å².